The second-order valence-electron chi connectivity index (χ2n) is 4.24. The van der Waals surface area contributed by atoms with E-state index in [1.165, 1.54) is 32.1 Å². The molecule has 1 aliphatic rings. The normalized spacial score (nSPS) is 17.3. The number of aromatic nitrogens is 2. The Morgan fingerprint density at radius 3 is 2.75 bits per heavy atom. The highest BCUT2D eigenvalue weighted by molar-refractivity contribution is 6.18. The van der Waals surface area contributed by atoms with Crippen LogP contribution in [-0.2, 0) is 0 Å². The van der Waals surface area contributed by atoms with E-state index in [1.807, 2.05) is 6.07 Å². The van der Waals surface area contributed by atoms with E-state index in [1.54, 1.807) is 12.5 Å². The van der Waals surface area contributed by atoms with Crippen LogP contribution < -0.4 is 4.90 Å². The molecule has 1 aromatic rings. The van der Waals surface area contributed by atoms with E-state index in [0.717, 1.165) is 12.4 Å². The van der Waals surface area contributed by atoms with E-state index in [2.05, 4.69) is 14.9 Å². The first kappa shape index (κ1) is 11.6. The first-order valence-electron chi connectivity index (χ1n) is 6.00. The van der Waals surface area contributed by atoms with E-state index in [-0.39, 0.29) is 0 Å². The van der Waals surface area contributed by atoms with Gasteiger partial charge in [0.1, 0.15) is 12.1 Å². The zero-order valence-electron chi connectivity index (χ0n) is 9.48. The topological polar surface area (TPSA) is 29.0 Å². The summed E-state index contributed by atoms with van der Waals surface area (Å²) in [7, 11) is 0. The van der Waals surface area contributed by atoms with Crippen LogP contribution in [0.15, 0.2) is 18.6 Å². The van der Waals surface area contributed by atoms with Crippen molar-refractivity contribution in [3.8, 4) is 0 Å². The number of nitrogens with zero attached hydrogens (tertiary/aromatic N) is 3. The lowest BCUT2D eigenvalue weighted by atomic mass is 9.94. The smallest absolute Gasteiger partial charge is 0.132 e. The van der Waals surface area contributed by atoms with Crippen LogP contribution in [0, 0.1) is 0 Å². The molecule has 1 saturated carbocycles. The summed E-state index contributed by atoms with van der Waals surface area (Å²) < 4.78 is 0. The average Bonchev–Trinajstić information content (AvgIpc) is 2.38. The molecule has 88 valence electrons. The monoisotopic (exact) mass is 239 g/mol. The standard InChI is InChI=1S/C12H18ClN3/c13-7-9-16(11-4-2-1-3-5-11)12-6-8-14-10-15-12/h6,8,10-11H,1-5,7,9H2. The first-order chi connectivity index (χ1) is 7.92. The predicted octanol–water partition coefficient (Wildman–Crippen LogP) is 2.85. The van der Waals surface area contributed by atoms with Crippen LogP contribution in [0.2, 0.25) is 0 Å². The van der Waals surface area contributed by atoms with Gasteiger partial charge in [0.2, 0.25) is 0 Å². The maximum absolute atomic E-state index is 5.88. The molecule has 3 nitrogen and oxygen atoms in total. The van der Waals surface area contributed by atoms with Crippen molar-refractivity contribution in [3.63, 3.8) is 0 Å². The second-order valence-corrected chi connectivity index (χ2v) is 4.62. The molecule has 4 heteroatoms. The molecule has 0 spiro atoms. The van der Waals surface area contributed by atoms with Crippen LogP contribution >= 0.6 is 11.6 Å². The van der Waals surface area contributed by atoms with Gasteiger partial charge in [0, 0.05) is 24.7 Å². The van der Waals surface area contributed by atoms with Gasteiger partial charge in [0.25, 0.3) is 0 Å². The largest absolute Gasteiger partial charge is 0.352 e. The lowest BCUT2D eigenvalue weighted by Crippen LogP contribution is -2.38. The second kappa shape index (κ2) is 6.04. The highest BCUT2D eigenvalue weighted by Crippen LogP contribution is 2.25. The minimum atomic E-state index is 0.613. The molecule has 1 fully saturated rings. The van der Waals surface area contributed by atoms with E-state index >= 15 is 0 Å². The zero-order chi connectivity index (χ0) is 11.2. The molecule has 1 aliphatic carbocycles. The third kappa shape index (κ3) is 2.85. The third-order valence-corrected chi connectivity index (χ3v) is 3.37. The van der Waals surface area contributed by atoms with E-state index < -0.39 is 0 Å². The molecule has 0 N–H and O–H groups in total. The van der Waals surface area contributed by atoms with Crippen molar-refractivity contribution in [2.24, 2.45) is 0 Å². The highest BCUT2D eigenvalue weighted by Gasteiger charge is 2.21. The van der Waals surface area contributed by atoms with Crippen molar-refractivity contribution in [2.75, 3.05) is 17.3 Å². The van der Waals surface area contributed by atoms with Crippen LogP contribution in [0.4, 0.5) is 5.82 Å². The summed E-state index contributed by atoms with van der Waals surface area (Å²) >= 11 is 5.88. The Labute approximate surface area is 102 Å². The molecule has 0 atom stereocenters. The molecule has 1 heterocycles. The van der Waals surface area contributed by atoms with Gasteiger partial charge in [-0.1, -0.05) is 19.3 Å². The summed E-state index contributed by atoms with van der Waals surface area (Å²) in [4.78, 5) is 10.6. The molecule has 1 aromatic heterocycles. The van der Waals surface area contributed by atoms with Gasteiger partial charge in [-0.25, -0.2) is 9.97 Å². The lowest BCUT2D eigenvalue weighted by molar-refractivity contribution is 0.416. The van der Waals surface area contributed by atoms with Gasteiger partial charge in [0.05, 0.1) is 0 Å². The minimum absolute atomic E-state index is 0.613. The average molecular weight is 240 g/mol. The van der Waals surface area contributed by atoms with Gasteiger partial charge >= 0.3 is 0 Å². The van der Waals surface area contributed by atoms with E-state index in [4.69, 9.17) is 11.6 Å². The van der Waals surface area contributed by atoms with Gasteiger partial charge in [-0.05, 0) is 18.9 Å². The predicted molar refractivity (Wildman–Crippen MR) is 67.0 cm³/mol. The SMILES string of the molecule is ClCCN(c1ccncn1)C1CCCCC1. The van der Waals surface area contributed by atoms with Gasteiger partial charge < -0.3 is 4.90 Å². The van der Waals surface area contributed by atoms with Gasteiger partial charge in [-0.15, -0.1) is 11.6 Å². The summed E-state index contributed by atoms with van der Waals surface area (Å²) in [6.45, 7) is 0.878. The fraction of sp³-hybridized carbons (Fsp3) is 0.667. The summed E-state index contributed by atoms with van der Waals surface area (Å²) in [5, 5.41) is 0. The quantitative estimate of drug-likeness (QED) is 0.757. The molecule has 0 unspecified atom stereocenters. The molecule has 0 aromatic carbocycles. The number of hydrogen-bond acceptors (Lipinski definition) is 3. The lowest BCUT2D eigenvalue weighted by Gasteiger charge is -2.34. The Balaban J connectivity index is 2.09. The molecule has 0 saturated heterocycles. The molecule has 0 radical (unpaired) electrons. The molecular formula is C12H18ClN3. The molecule has 0 aliphatic heterocycles. The maximum Gasteiger partial charge on any atom is 0.132 e. The Morgan fingerprint density at radius 1 is 1.31 bits per heavy atom. The molecule has 2 rings (SSSR count). The van der Waals surface area contributed by atoms with Crippen molar-refractivity contribution in [1.82, 2.24) is 9.97 Å². The highest BCUT2D eigenvalue weighted by atomic mass is 35.5. The minimum Gasteiger partial charge on any atom is -0.352 e. The molecule has 16 heavy (non-hydrogen) atoms. The number of hydrogen-bond donors (Lipinski definition) is 0. The third-order valence-electron chi connectivity index (χ3n) is 3.20. The van der Waals surface area contributed by atoms with Crippen LogP contribution in [0.3, 0.4) is 0 Å². The Morgan fingerprint density at radius 2 is 2.12 bits per heavy atom. The van der Waals surface area contributed by atoms with Crippen molar-refractivity contribution < 1.29 is 0 Å². The molecular weight excluding hydrogens is 222 g/mol. The van der Waals surface area contributed by atoms with Gasteiger partial charge in [-0.2, -0.15) is 0 Å². The number of alkyl halides is 1. The molecule has 0 amide bonds. The van der Waals surface area contributed by atoms with Crippen LogP contribution in [0.1, 0.15) is 32.1 Å². The Bertz CT molecular complexity index is 298. The van der Waals surface area contributed by atoms with Crippen LogP contribution in [0.5, 0.6) is 0 Å². The van der Waals surface area contributed by atoms with Crippen molar-refractivity contribution >= 4 is 17.4 Å². The van der Waals surface area contributed by atoms with Crippen LogP contribution in [-0.4, -0.2) is 28.4 Å². The fourth-order valence-corrected chi connectivity index (χ4v) is 2.60. The van der Waals surface area contributed by atoms with Crippen molar-refractivity contribution in [3.05, 3.63) is 18.6 Å². The maximum atomic E-state index is 5.88. The van der Waals surface area contributed by atoms with Crippen molar-refractivity contribution in [2.45, 2.75) is 38.1 Å². The Kier molecular flexibility index (Phi) is 4.40. The van der Waals surface area contributed by atoms with E-state index in [9.17, 15) is 0 Å². The van der Waals surface area contributed by atoms with E-state index in [0.29, 0.717) is 11.9 Å². The zero-order valence-corrected chi connectivity index (χ0v) is 10.2. The summed E-state index contributed by atoms with van der Waals surface area (Å²) in [5.74, 6) is 1.67. The summed E-state index contributed by atoms with van der Waals surface area (Å²) in [6, 6.07) is 2.59. The Hall–Kier alpha value is -0.830. The first-order valence-corrected chi connectivity index (χ1v) is 6.54. The van der Waals surface area contributed by atoms with Gasteiger partial charge in [0.15, 0.2) is 0 Å². The summed E-state index contributed by atoms with van der Waals surface area (Å²) in [5.41, 5.74) is 0. The van der Waals surface area contributed by atoms with Crippen molar-refractivity contribution in [1.29, 1.82) is 0 Å². The molecule has 0 bridgehead atoms. The van der Waals surface area contributed by atoms with Gasteiger partial charge in [-0.3, -0.25) is 0 Å². The number of rotatable bonds is 4. The fourth-order valence-electron chi connectivity index (χ4n) is 2.42. The van der Waals surface area contributed by atoms with Crippen LogP contribution in [0.25, 0.3) is 0 Å². The number of anilines is 1. The summed E-state index contributed by atoms with van der Waals surface area (Å²) in [6.07, 6.45) is 9.96. The number of halogens is 1.